The van der Waals surface area contributed by atoms with Gasteiger partial charge in [-0.2, -0.15) is 0 Å². The molecule has 1 amide bonds. The molecule has 0 spiro atoms. The number of rotatable bonds is 5. The van der Waals surface area contributed by atoms with E-state index < -0.39 is 0 Å². The fraction of sp³-hybridized carbons (Fsp3) is 0.706. The Kier molecular flexibility index (Phi) is 6.65. The van der Waals surface area contributed by atoms with Crippen LogP contribution in [0.25, 0.3) is 0 Å². The summed E-state index contributed by atoms with van der Waals surface area (Å²) >= 11 is 0. The molecule has 3 N–H and O–H groups in total. The van der Waals surface area contributed by atoms with Gasteiger partial charge >= 0.3 is 0 Å². The highest BCUT2D eigenvalue weighted by Crippen LogP contribution is 2.44. The molecule has 8 heteroatoms. The summed E-state index contributed by atoms with van der Waals surface area (Å²) in [5.41, 5.74) is 5.90. The van der Waals surface area contributed by atoms with Gasteiger partial charge in [-0.1, -0.05) is 0 Å². The molecule has 0 aromatic carbocycles. The average Bonchev–Trinajstić information content (AvgIpc) is 3.47. The Balaban J connectivity index is 0.00000113. The van der Waals surface area contributed by atoms with E-state index in [9.17, 15) is 4.79 Å². The first-order valence-electron chi connectivity index (χ1n) is 8.74. The number of aromatic nitrogens is 2. The van der Waals surface area contributed by atoms with Gasteiger partial charge in [0, 0.05) is 31.5 Å². The summed E-state index contributed by atoms with van der Waals surface area (Å²) in [5, 5.41) is 3.20. The highest BCUT2D eigenvalue weighted by molar-refractivity contribution is 5.85. The van der Waals surface area contributed by atoms with Crippen LogP contribution in [-0.4, -0.2) is 46.5 Å². The molecule has 1 saturated heterocycles. The highest BCUT2D eigenvalue weighted by Gasteiger charge is 2.49. The number of nitrogens with one attached hydrogen (secondary N) is 1. The molecular weight excluding hydrogens is 361 g/mol. The van der Waals surface area contributed by atoms with Crippen molar-refractivity contribution in [1.82, 2.24) is 20.2 Å². The Bertz CT molecular complexity index is 580. The number of piperidine rings is 1. The molecule has 6 nitrogen and oxygen atoms in total. The summed E-state index contributed by atoms with van der Waals surface area (Å²) < 4.78 is 0. The lowest BCUT2D eigenvalue weighted by Crippen LogP contribution is -2.55. The van der Waals surface area contributed by atoms with Gasteiger partial charge in [-0.25, -0.2) is 9.97 Å². The van der Waals surface area contributed by atoms with E-state index in [-0.39, 0.29) is 48.2 Å². The zero-order valence-corrected chi connectivity index (χ0v) is 15.9. The lowest BCUT2D eigenvalue weighted by molar-refractivity contribution is -0.128. The molecule has 3 aliphatic rings. The van der Waals surface area contributed by atoms with Gasteiger partial charge in [-0.05, 0) is 50.6 Å². The minimum absolute atomic E-state index is 0. The first-order valence-corrected chi connectivity index (χ1v) is 8.74. The van der Waals surface area contributed by atoms with Crippen LogP contribution in [0.3, 0.4) is 0 Å². The predicted molar refractivity (Wildman–Crippen MR) is 101 cm³/mol. The van der Waals surface area contributed by atoms with E-state index in [4.69, 9.17) is 5.73 Å². The normalized spacial score (nSPS) is 27.6. The Morgan fingerprint density at radius 1 is 1.24 bits per heavy atom. The first-order chi connectivity index (χ1) is 11.2. The van der Waals surface area contributed by atoms with Crippen LogP contribution in [0.2, 0.25) is 0 Å². The molecule has 2 aliphatic carbocycles. The summed E-state index contributed by atoms with van der Waals surface area (Å²) in [6.07, 6.45) is 8.88. The predicted octanol–water partition coefficient (Wildman–Crippen LogP) is 1.48. The molecule has 140 valence electrons. The first kappa shape index (κ1) is 20.4. The van der Waals surface area contributed by atoms with Crippen LogP contribution in [-0.2, 0) is 10.3 Å². The topological polar surface area (TPSA) is 84.1 Å². The maximum absolute atomic E-state index is 12.8. The van der Waals surface area contributed by atoms with Crippen LogP contribution in [0.15, 0.2) is 18.5 Å². The van der Waals surface area contributed by atoms with Gasteiger partial charge in [0.25, 0.3) is 0 Å². The third-order valence-corrected chi connectivity index (χ3v) is 5.41. The number of hydrogen-bond acceptors (Lipinski definition) is 5. The summed E-state index contributed by atoms with van der Waals surface area (Å²) in [7, 11) is 0. The van der Waals surface area contributed by atoms with Gasteiger partial charge in [0.1, 0.15) is 0 Å². The van der Waals surface area contributed by atoms with Gasteiger partial charge in [-0.15, -0.1) is 24.8 Å². The molecule has 0 radical (unpaired) electrons. The van der Waals surface area contributed by atoms with E-state index in [0.29, 0.717) is 0 Å². The van der Waals surface area contributed by atoms with Crippen molar-refractivity contribution in [3.8, 4) is 0 Å². The molecule has 1 aromatic heterocycles. The molecule has 1 aromatic rings. The lowest BCUT2D eigenvalue weighted by atomic mass is 9.91. The molecule has 25 heavy (non-hydrogen) atoms. The zero-order chi connectivity index (χ0) is 15.9. The number of halogens is 2. The van der Waals surface area contributed by atoms with E-state index in [2.05, 4.69) is 20.2 Å². The number of hydrogen-bond donors (Lipinski definition) is 2. The van der Waals surface area contributed by atoms with Gasteiger partial charge < -0.3 is 16.0 Å². The second kappa shape index (κ2) is 8.16. The number of likely N-dealkylation sites (tertiary alicyclic amines) is 1. The van der Waals surface area contributed by atoms with Gasteiger partial charge in [0.05, 0.1) is 11.5 Å². The smallest absolute Gasteiger partial charge is 0.226 e. The zero-order valence-electron chi connectivity index (χ0n) is 14.3. The molecule has 2 saturated carbocycles. The molecular formula is C17H27Cl2N5O. The Hall–Kier alpha value is -0.950. The average molecular weight is 388 g/mol. The molecule has 0 bridgehead atoms. The second-order valence-electron chi connectivity index (χ2n) is 7.41. The van der Waals surface area contributed by atoms with Crippen LogP contribution in [0.5, 0.6) is 0 Å². The van der Waals surface area contributed by atoms with E-state index in [1.807, 2.05) is 0 Å². The number of carbonyl (C=O) groups is 1. The molecule has 1 aliphatic heterocycles. The van der Waals surface area contributed by atoms with Crippen molar-refractivity contribution in [2.75, 3.05) is 19.6 Å². The Morgan fingerprint density at radius 3 is 2.52 bits per heavy atom. The van der Waals surface area contributed by atoms with Crippen molar-refractivity contribution in [2.45, 2.75) is 43.7 Å². The number of amides is 1. The van der Waals surface area contributed by atoms with E-state index in [0.717, 1.165) is 50.6 Å². The van der Waals surface area contributed by atoms with Crippen molar-refractivity contribution in [1.29, 1.82) is 0 Å². The van der Waals surface area contributed by atoms with Gasteiger partial charge in [-0.3, -0.25) is 4.79 Å². The number of nitrogens with two attached hydrogens (primary N) is 1. The number of nitrogens with zero attached hydrogens (tertiary/aromatic N) is 3. The molecule has 2 atom stereocenters. The van der Waals surface area contributed by atoms with Crippen molar-refractivity contribution < 1.29 is 4.79 Å². The fourth-order valence-electron chi connectivity index (χ4n) is 3.55. The minimum Gasteiger partial charge on any atom is -0.343 e. The maximum atomic E-state index is 12.8. The van der Waals surface area contributed by atoms with Crippen LogP contribution in [0, 0.1) is 11.8 Å². The van der Waals surface area contributed by atoms with Crippen LogP contribution in [0.1, 0.15) is 37.9 Å². The van der Waals surface area contributed by atoms with Crippen LogP contribution >= 0.6 is 24.8 Å². The Morgan fingerprint density at radius 2 is 1.92 bits per heavy atom. The van der Waals surface area contributed by atoms with Gasteiger partial charge in [0.15, 0.2) is 5.82 Å². The second-order valence-corrected chi connectivity index (χ2v) is 7.41. The largest absolute Gasteiger partial charge is 0.343 e. The molecule has 2 heterocycles. The summed E-state index contributed by atoms with van der Waals surface area (Å²) in [6, 6.07) is 1.76. The monoisotopic (exact) mass is 387 g/mol. The summed E-state index contributed by atoms with van der Waals surface area (Å²) in [5.74, 6) is 1.53. The van der Waals surface area contributed by atoms with Crippen LogP contribution in [0.4, 0.5) is 0 Å². The standard InChI is InChI=1S/C17H25N5O.2ClH/c18-14-4-9-22(10-12-2-3-12)11-13(14)15(23)21-17(5-6-17)16-19-7-1-8-20-16;;/h1,7-8,12-14H,2-6,9-11,18H2,(H,21,23);2*1H. The van der Waals surface area contributed by atoms with Gasteiger partial charge in [0.2, 0.25) is 5.91 Å². The van der Waals surface area contributed by atoms with Crippen molar-refractivity contribution in [3.63, 3.8) is 0 Å². The maximum Gasteiger partial charge on any atom is 0.226 e. The minimum atomic E-state index is -0.350. The Labute approximate surface area is 161 Å². The third kappa shape index (κ3) is 4.61. The molecule has 4 rings (SSSR count). The molecule has 2 unspecified atom stereocenters. The van der Waals surface area contributed by atoms with Crippen LogP contribution < -0.4 is 11.1 Å². The lowest BCUT2D eigenvalue weighted by Gasteiger charge is -2.36. The van der Waals surface area contributed by atoms with Crippen molar-refractivity contribution in [2.24, 2.45) is 17.6 Å². The van der Waals surface area contributed by atoms with Crippen molar-refractivity contribution in [3.05, 3.63) is 24.3 Å². The third-order valence-electron chi connectivity index (χ3n) is 5.41. The number of carbonyl (C=O) groups excluding carboxylic acids is 1. The quantitative estimate of drug-likeness (QED) is 0.799. The fourth-order valence-corrected chi connectivity index (χ4v) is 3.55. The summed E-state index contributed by atoms with van der Waals surface area (Å²) in [6.45, 7) is 2.94. The van der Waals surface area contributed by atoms with E-state index >= 15 is 0 Å². The van der Waals surface area contributed by atoms with E-state index in [1.54, 1.807) is 18.5 Å². The summed E-state index contributed by atoms with van der Waals surface area (Å²) in [4.78, 5) is 23.9. The SMILES string of the molecule is Cl.Cl.NC1CCN(CC2CC2)CC1C(=O)NC1(c2ncccn2)CC1. The highest BCUT2D eigenvalue weighted by atomic mass is 35.5. The molecule has 3 fully saturated rings. The van der Waals surface area contributed by atoms with Crippen molar-refractivity contribution >= 4 is 30.7 Å². The van der Waals surface area contributed by atoms with E-state index in [1.165, 1.54) is 12.8 Å².